The van der Waals surface area contributed by atoms with Gasteiger partial charge in [-0.1, -0.05) is 24.3 Å². The number of pyridine rings is 2. The Morgan fingerprint density at radius 3 is 2.86 bits per heavy atom. The number of hydrogen-bond acceptors (Lipinski definition) is 4. The lowest BCUT2D eigenvalue weighted by Gasteiger charge is -2.11. The Morgan fingerprint density at radius 1 is 1.10 bits per heavy atom. The molecule has 1 aromatic carbocycles. The van der Waals surface area contributed by atoms with Gasteiger partial charge in [-0.15, -0.1) is 0 Å². The van der Waals surface area contributed by atoms with Crippen LogP contribution in [0.1, 0.15) is 17.0 Å². The SMILES string of the molecule is Cc1ccc2cccc(OCc3cccnc3CN)c2n1. The van der Waals surface area contributed by atoms with Crippen LogP contribution in [0.5, 0.6) is 5.75 Å². The van der Waals surface area contributed by atoms with E-state index in [9.17, 15) is 0 Å². The Bertz CT molecular complexity index is 771. The maximum Gasteiger partial charge on any atom is 0.146 e. The summed E-state index contributed by atoms with van der Waals surface area (Å²) in [6.45, 7) is 2.82. The van der Waals surface area contributed by atoms with Crippen molar-refractivity contribution in [3.63, 3.8) is 0 Å². The number of benzene rings is 1. The van der Waals surface area contributed by atoms with Gasteiger partial charge >= 0.3 is 0 Å². The first-order chi connectivity index (χ1) is 10.3. The normalized spacial score (nSPS) is 10.8. The number of para-hydroxylation sites is 1. The molecule has 0 aliphatic carbocycles. The number of nitrogens with two attached hydrogens (primary N) is 1. The average molecular weight is 279 g/mol. The topological polar surface area (TPSA) is 61.0 Å². The maximum absolute atomic E-state index is 5.94. The van der Waals surface area contributed by atoms with Gasteiger partial charge in [-0.3, -0.25) is 4.98 Å². The lowest BCUT2D eigenvalue weighted by molar-refractivity contribution is 0.307. The predicted molar refractivity (Wildman–Crippen MR) is 82.9 cm³/mol. The molecule has 3 rings (SSSR count). The molecule has 0 amide bonds. The molecule has 2 aromatic heterocycles. The molecular formula is C17H17N3O. The second kappa shape index (κ2) is 5.89. The van der Waals surface area contributed by atoms with Gasteiger partial charge in [-0.2, -0.15) is 0 Å². The highest BCUT2D eigenvalue weighted by atomic mass is 16.5. The highest BCUT2D eigenvalue weighted by Crippen LogP contribution is 2.25. The molecule has 0 saturated carbocycles. The van der Waals surface area contributed by atoms with Crippen LogP contribution in [-0.2, 0) is 13.2 Å². The van der Waals surface area contributed by atoms with Gasteiger partial charge in [0, 0.05) is 29.4 Å². The summed E-state index contributed by atoms with van der Waals surface area (Å²) in [4.78, 5) is 8.83. The van der Waals surface area contributed by atoms with Crippen LogP contribution in [-0.4, -0.2) is 9.97 Å². The fraction of sp³-hybridized carbons (Fsp3) is 0.176. The van der Waals surface area contributed by atoms with Crippen LogP contribution in [0.15, 0.2) is 48.7 Å². The Morgan fingerprint density at radius 2 is 2.00 bits per heavy atom. The number of fused-ring (bicyclic) bond motifs is 1. The van der Waals surface area contributed by atoms with Crippen LogP contribution in [0.3, 0.4) is 0 Å². The molecule has 0 radical (unpaired) electrons. The monoisotopic (exact) mass is 279 g/mol. The van der Waals surface area contributed by atoms with Crippen molar-refractivity contribution < 1.29 is 4.74 Å². The Balaban J connectivity index is 1.90. The minimum atomic E-state index is 0.409. The van der Waals surface area contributed by atoms with Gasteiger partial charge < -0.3 is 10.5 Å². The average Bonchev–Trinajstić information content (AvgIpc) is 2.53. The second-order valence-electron chi connectivity index (χ2n) is 4.88. The van der Waals surface area contributed by atoms with Gasteiger partial charge in [0.25, 0.3) is 0 Å². The van der Waals surface area contributed by atoms with E-state index >= 15 is 0 Å². The summed E-state index contributed by atoms with van der Waals surface area (Å²) in [5.41, 5.74) is 9.43. The summed E-state index contributed by atoms with van der Waals surface area (Å²) in [6, 6.07) is 13.9. The van der Waals surface area contributed by atoms with E-state index in [1.807, 2.05) is 43.3 Å². The highest BCUT2D eigenvalue weighted by molar-refractivity contribution is 5.84. The van der Waals surface area contributed by atoms with Gasteiger partial charge in [0.15, 0.2) is 0 Å². The second-order valence-corrected chi connectivity index (χ2v) is 4.88. The number of nitrogens with zero attached hydrogens (tertiary/aromatic N) is 2. The first kappa shape index (κ1) is 13.5. The van der Waals surface area contributed by atoms with E-state index < -0.39 is 0 Å². The molecule has 3 aromatic rings. The van der Waals surface area contributed by atoms with Crippen LogP contribution < -0.4 is 10.5 Å². The summed E-state index contributed by atoms with van der Waals surface area (Å²) in [5, 5.41) is 1.07. The van der Waals surface area contributed by atoms with Crippen LogP contribution in [0, 0.1) is 6.92 Å². The van der Waals surface area contributed by atoms with E-state index in [4.69, 9.17) is 10.5 Å². The standard InChI is InChI=1S/C17H17N3O/c1-12-7-8-13-4-2-6-16(17(13)20-12)21-11-14-5-3-9-19-15(14)10-18/h2-9H,10-11,18H2,1H3. The Labute approximate surface area is 123 Å². The van der Waals surface area contributed by atoms with E-state index in [0.717, 1.165) is 33.6 Å². The summed E-state index contributed by atoms with van der Waals surface area (Å²) in [6.07, 6.45) is 1.74. The number of hydrogen-bond donors (Lipinski definition) is 1. The summed E-state index contributed by atoms with van der Waals surface area (Å²) >= 11 is 0. The molecule has 4 heteroatoms. The lowest BCUT2D eigenvalue weighted by Crippen LogP contribution is -2.07. The highest BCUT2D eigenvalue weighted by Gasteiger charge is 2.06. The van der Waals surface area contributed by atoms with Gasteiger partial charge in [0.1, 0.15) is 17.9 Å². The molecule has 0 bridgehead atoms. The van der Waals surface area contributed by atoms with Crippen molar-refractivity contribution in [2.75, 3.05) is 0 Å². The largest absolute Gasteiger partial charge is 0.487 e. The van der Waals surface area contributed by atoms with E-state index in [2.05, 4.69) is 16.0 Å². The first-order valence-electron chi connectivity index (χ1n) is 6.90. The minimum Gasteiger partial charge on any atom is -0.487 e. The minimum absolute atomic E-state index is 0.409. The number of aryl methyl sites for hydroxylation is 1. The predicted octanol–water partition coefficient (Wildman–Crippen LogP) is 2.98. The maximum atomic E-state index is 5.94. The molecule has 0 unspecified atom stereocenters. The third-order valence-electron chi connectivity index (χ3n) is 3.38. The fourth-order valence-corrected chi connectivity index (χ4v) is 2.28. The van der Waals surface area contributed by atoms with Gasteiger partial charge in [0.2, 0.25) is 0 Å². The molecule has 0 aliphatic heterocycles. The van der Waals surface area contributed by atoms with Crippen molar-refractivity contribution in [3.8, 4) is 5.75 Å². The van der Waals surface area contributed by atoms with Crippen molar-refractivity contribution >= 4 is 10.9 Å². The van der Waals surface area contributed by atoms with Crippen molar-refractivity contribution in [2.45, 2.75) is 20.1 Å². The van der Waals surface area contributed by atoms with E-state index in [0.29, 0.717) is 13.2 Å². The first-order valence-corrected chi connectivity index (χ1v) is 6.90. The van der Waals surface area contributed by atoms with Crippen molar-refractivity contribution in [1.29, 1.82) is 0 Å². The zero-order chi connectivity index (χ0) is 14.7. The molecule has 0 spiro atoms. The van der Waals surface area contributed by atoms with Gasteiger partial charge in [0.05, 0.1) is 5.69 Å². The third kappa shape index (κ3) is 2.85. The van der Waals surface area contributed by atoms with Crippen LogP contribution >= 0.6 is 0 Å². The third-order valence-corrected chi connectivity index (χ3v) is 3.38. The number of rotatable bonds is 4. The van der Waals surface area contributed by atoms with Gasteiger partial charge in [-0.05, 0) is 25.1 Å². The zero-order valence-corrected chi connectivity index (χ0v) is 11.9. The lowest BCUT2D eigenvalue weighted by atomic mass is 10.2. The molecule has 0 aliphatic rings. The van der Waals surface area contributed by atoms with Crippen LogP contribution in [0.2, 0.25) is 0 Å². The Hall–Kier alpha value is -2.46. The summed E-state index contributed by atoms with van der Waals surface area (Å²) in [7, 11) is 0. The molecular weight excluding hydrogens is 262 g/mol. The van der Waals surface area contributed by atoms with Crippen LogP contribution in [0.25, 0.3) is 10.9 Å². The molecule has 4 nitrogen and oxygen atoms in total. The number of aromatic nitrogens is 2. The van der Waals surface area contributed by atoms with E-state index in [-0.39, 0.29) is 0 Å². The van der Waals surface area contributed by atoms with Crippen molar-refractivity contribution in [1.82, 2.24) is 9.97 Å². The Kier molecular flexibility index (Phi) is 3.79. The quantitative estimate of drug-likeness (QED) is 0.797. The molecule has 2 N–H and O–H groups in total. The summed E-state index contributed by atoms with van der Waals surface area (Å²) < 4.78 is 5.94. The van der Waals surface area contributed by atoms with E-state index in [1.54, 1.807) is 6.20 Å². The van der Waals surface area contributed by atoms with Gasteiger partial charge in [-0.25, -0.2) is 4.98 Å². The molecule has 106 valence electrons. The fourth-order valence-electron chi connectivity index (χ4n) is 2.28. The smallest absolute Gasteiger partial charge is 0.146 e. The van der Waals surface area contributed by atoms with Crippen molar-refractivity contribution in [3.05, 3.63) is 65.6 Å². The molecule has 0 saturated heterocycles. The van der Waals surface area contributed by atoms with Crippen LogP contribution in [0.4, 0.5) is 0 Å². The molecule has 0 fully saturated rings. The summed E-state index contributed by atoms with van der Waals surface area (Å²) in [5.74, 6) is 0.781. The molecule has 21 heavy (non-hydrogen) atoms. The molecule has 2 heterocycles. The zero-order valence-electron chi connectivity index (χ0n) is 11.9. The van der Waals surface area contributed by atoms with Crippen molar-refractivity contribution in [2.24, 2.45) is 5.73 Å². The molecule has 0 atom stereocenters. The van der Waals surface area contributed by atoms with E-state index in [1.165, 1.54) is 0 Å². The number of ether oxygens (including phenoxy) is 1.